The van der Waals surface area contributed by atoms with Crippen LogP contribution in [-0.2, 0) is 15.1 Å². The number of fused-ring (bicyclic) bond motifs is 1. The van der Waals surface area contributed by atoms with Crippen LogP contribution < -0.4 is 4.74 Å². The van der Waals surface area contributed by atoms with Crippen molar-refractivity contribution in [1.82, 2.24) is 0 Å². The maximum Gasteiger partial charge on any atom is 0.337 e. The quantitative estimate of drug-likeness (QED) is 0.847. The molecule has 1 N–H and O–H groups in total. The molecule has 21 heavy (non-hydrogen) atoms. The average Bonchev–Trinajstić information content (AvgIpc) is 2.72. The fourth-order valence-corrected chi connectivity index (χ4v) is 3.02. The van der Waals surface area contributed by atoms with Gasteiger partial charge < -0.3 is 14.6 Å². The molecule has 1 aromatic carbocycles. The second kappa shape index (κ2) is 5.90. The van der Waals surface area contributed by atoms with E-state index in [2.05, 4.69) is 6.92 Å². The van der Waals surface area contributed by atoms with Crippen LogP contribution in [0.15, 0.2) is 23.8 Å². The predicted octanol–water partition coefficient (Wildman–Crippen LogP) is 3.03. The zero-order valence-electron chi connectivity index (χ0n) is 13.0. The number of hydrogen-bond donors (Lipinski definition) is 1. The molecule has 0 saturated carbocycles. The van der Waals surface area contributed by atoms with Crippen molar-refractivity contribution < 1.29 is 19.4 Å². The topological polar surface area (TPSA) is 55.8 Å². The van der Waals surface area contributed by atoms with Crippen LogP contribution in [0.25, 0.3) is 5.57 Å². The van der Waals surface area contributed by atoms with Crippen molar-refractivity contribution in [3.63, 3.8) is 0 Å². The molecule has 0 bridgehead atoms. The summed E-state index contributed by atoms with van der Waals surface area (Å²) in [5.74, 6) is 0.235. The minimum absolute atomic E-state index is 0.349. The molecule has 0 aromatic heterocycles. The number of ether oxygens (including phenoxy) is 2. The molecular weight excluding hydrogens is 268 g/mol. The first-order chi connectivity index (χ1) is 9.99. The molecule has 0 aliphatic heterocycles. The van der Waals surface area contributed by atoms with Gasteiger partial charge >= 0.3 is 5.97 Å². The van der Waals surface area contributed by atoms with E-state index in [0.717, 1.165) is 29.5 Å². The number of esters is 1. The monoisotopic (exact) mass is 290 g/mol. The molecule has 0 fully saturated rings. The second-order valence-corrected chi connectivity index (χ2v) is 5.37. The van der Waals surface area contributed by atoms with Crippen molar-refractivity contribution in [1.29, 1.82) is 0 Å². The molecule has 1 unspecified atom stereocenters. The van der Waals surface area contributed by atoms with Crippen LogP contribution in [0.1, 0.15) is 44.2 Å². The molecule has 0 spiro atoms. The Labute approximate surface area is 125 Å². The molecule has 1 aliphatic rings. The van der Waals surface area contributed by atoms with Crippen LogP contribution >= 0.6 is 0 Å². The molecule has 4 heteroatoms. The molecule has 0 heterocycles. The maximum atomic E-state index is 12.2. The molecule has 4 nitrogen and oxygen atoms in total. The van der Waals surface area contributed by atoms with E-state index in [9.17, 15) is 9.90 Å². The molecule has 0 saturated heterocycles. The molecule has 1 aliphatic carbocycles. The standard InChI is InChI=1S/C17H22O4/c1-5-6-9-17(19)14-8-7-12(20-3)10-13(14)11(2)15(17)16(18)21-4/h7-8,10,19H,5-6,9H2,1-4H3. The Bertz CT molecular complexity index is 588. The number of carbonyl (C=O) groups is 1. The van der Waals surface area contributed by atoms with E-state index < -0.39 is 11.6 Å². The summed E-state index contributed by atoms with van der Waals surface area (Å²) < 4.78 is 10.1. The summed E-state index contributed by atoms with van der Waals surface area (Å²) in [5, 5.41) is 11.2. The van der Waals surface area contributed by atoms with E-state index in [4.69, 9.17) is 9.47 Å². The second-order valence-electron chi connectivity index (χ2n) is 5.37. The normalized spacial score (nSPS) is 20.4. The predicted molar refractivity (Wildman–Crippen MR) is 81.0 cm³/mol. The first kappa shape index (κ1) is 15.6. The van der Waals surface area contributed by atoms with Crippen molar-refractivity contribution >= 4 is 11.5 Å². The van der Waals surface area contributed by atoms with Gasteiger partial charge in [-0.25, -0.2) is 4.79 Å². The van der Waals surface area contributed by atoms with Crippen LogP contribution in [-0.4, -0.2) is 25.3 Å². The van der Waals surface area contributed by atoms with Gasteiger partial charge in [0.15, 0.2) is 0 Å². The number of aliphatic hydroxyl groups is 1. The van der Waals surface area contributed by atoms with Gasteiger partial charge in [-0.05, 0) is 42.2 Å². The van der Waals surface area contributed by atoms with E-state index in [1.165, 1.54) is 7.11 Å². The SMILES string of the molecule is CCCCC1(O)C(C(=O)OC)=C(C)c2cc(OC)ccc21. The molecule has 114 valence electrons. The molecule has 0 radical (unpaired) electrons. The first-order valence-electron chi connectivity index (χ1n) is 7.20. The number of rotatable bonds is 5. The van der Waals surface area contributed by atoms with Crippen molar-refractivity contribution in [3.8, 4) is 5.75 Å². The Kier molecular flexibility index (Phi) is 4.37. The molecule has 1 aromatic rings. The van der Waals surface area contributed by atoms with Crippen molar-refractivity contribution in [2.24, 2.45) is 0 Å². The summed E-state index contributed by atoms with van der Waals surface area (Å²) in [4.78, 5) is 12.2. The zero-order valence-corrected chi connectivity index (χ0v) is 13.0. The van der Waals surface area contributed by atoms with E-state index in [1.54, 1.807) is 7.11 Å². The summed E-state index contributed by atoms with van der Waals surface area (Å²) in [7, 11) is 2.94. The van der Waals surface area contributed by atoms with Gasteiger partial charge in [-0.1, -0.05) is 25.8 Å². The number of hydrogen-bond acceptors (Lipinski definition) is 4. The Balaban J connectivity index is 2.60. The average molecular weight is 290 g/mol. The van der Waals surface area contributed by atoms with Crippen LogP contribution in [0, 0.1) is 0 Å². The summed E-state index contributed by atoms with van der Waals surface area (Å²) in [5.41, 5.74) is 1.45. The van der Waals surface area contributed by atoms with Gasteiger partial charge in [0.05, 0.1) is 19.8 Å². The fraction of sp³-hybridized carbons (Fsp3) is 0.471. The zero-order chi connectivity index (χ0) is 15.6. The van der Waals surface area contributed by atoms with Crippen LogP contribution in [0.4, 0.5) is 0 Å². The highest BCUT2D eigenvalue weighted by atomic mass is 16.5. The fourth-order valence-electron chi connectivity index (χ4n) is 3.02. The van der Waals surface area contributed by atoms with E-state index in [-0.39, 0.29) is 0 Å². The maximum absolute atomic E-state index is 12.2. The molecular formula is C17H22O4. The highest BCUT2D eigenvalue weighted by Gasteiger charge is 2.45. The lowest BCUT2D eigenvalue weighted by Crippen LogP contribution is -2.30. The third-order valence-corrected chi connectivity index (χ3v) is 4.15. The Morgan fingerprint density at radius 2 is 2.05 bits per heavy atom. The molecule has 0 amide bonds. The number of benzene rings is 1. The Morgan fingerprint density at radius 3 is 2.62 bits per heavy atom. The van der Waals surface area contributed by atoms with Gasteiger partial charge in [0.25, 0.3) is 0 Å². The highest BCUT2D eigenvalue weighted by molar-refractivity contribution is 6.03. The molecule has 2 rings (SSSR count). The van der Waals surface area contributed by atoms with Crippen molar-refractivity contribution in [3.05, 3.63) is 34.9 Å². The number of unbranched alkanes of at least 4 members (excludes halogenated alkanes) is 1. The smallest absolute Gasteiger partial charge is 0.337 e. The van der Waals surface area contributed by atoms with Crippen molar-refractivity contribution in [2.75, 3.05) is 14.2 Å². The third-order valence-electron chi connectivity index (χ3n) is 4.15. The third kappa shape index (κ3) is 2.44. The van der Waals surface area contributed by atoms with Gasteiger partial charge in [0, 0.05) is 0 Å². The number of methoxy groups -OCH3 is 2. The van der Waals surface area contributed by atoms with Gasteiger partial charge in [-0.2, -0.15) is 0 Å². The van der Waals surface area contributed by atoms with Gasteiger partial charge in [-0.3, -0.25) is 0 Å². The summed E-state index contributed by atoms with van der Waals surface area (Å²) >= 11 is 0. The van der Waals surface area contributed by atoms with Gasteiger partial charge in [0.2, 0.25) is 0 Å². The highest BCUT2D eigenvalue weighted by Crippen LogP contribution is 2.48. The van der Waals surface area contributed by atoms with Crippen LogP contribution in [0.2, 0.25) is 0 Å². The van der Waals surface area contributed by atoms with E-state index >= 15 is 0 Å². The largest absolute Gasteiger partial charge is 0.497 e. The number of allylic oxidation sites excluding steroid dienone is 1. The summed E-state index contributed by atoms with van der Waals surface area (Å²) in [6.45, 7) is 3.90. The van der Waals surface area contributed by atoms with E-state index in [0.29, 0.717) is 17.7 Å². The van der Waals surface area contributed by atoms with Crippen molar-refractivity contribution in [2.45, 2.75) is 38.7 Å². The lowest BCUT2D eigenvalue weighted by atomic mass is 9.85. The Hall–Kier alpha value is -1.81. The van der Waals surface area contributed by atoms with E-state index in [1.807, 2.05) is 25.1 Å². The molecule has 1 atom stereocenters. The lowest BCUT2D eigenvalue weighted by molar-refractivity contribution is -0.138. The van der Waals surface area contributed by atoms with Gasteiger partial charge in [-0.15, -0.1) is 0 Å². The minimum Gasteiger partial charge on any atom is -0.497 e. The number of carbonyl (C=O) groups excluding carboxylic acids is 1. The Morgan fingerprint density at radius 1 is 1.33 bits per heavy atom. The van der Waals surface area contributed by atoms with Crippen LogP contribution in [0.3, 0.4) is 0 Å². The van der Waals surface area contributed by atoms with Crippen LogP contribution in [0.5, 0.6) is 5.75 Å². The minimum atomic E-state index is -1.27. The van der Waals surface area contributed by atoms with Gasteiger partial charge in [0.1, 0.15) is 11.4 Å². The first-order valence-corrected chi connectivity index (χ1v) is 7.20. The summed E-state index contributed by atoms with van der Waals surface area (Å²) in [6, 6.07) is 5.50. The lowest BCUT2D eigenvalue weighted by Gasteiger charge is -2.27. The summed E-state index contributed by atoms with van der Waals surface area (Å²) in [6.07, 6.45) is 2.28.